The van der Waals surface area contributed by atoms with Crippen molar-refractivity contribution < 1.29 is 4.79 Å². The van der Waals surface area contributed by atoms with Crippen LogP contribution in [0.4, 0.5) is 5.13 Å². The van der Waals surface area contributed by atoms with Crippen LogP contribution >= 0.6 is 23.1 Å². The third kappa shape index (κ3) is 4.58. The molecule has 0 aliphatic carbocycles. The fraction of sp³-hybridized carbons (Fsp3) is 0.294. The van der Waals surface area contributed by atoms with Gasteiger partial charge in [0.25, 0.3) is 0 Å². The summed E-state index contributed by atoms with van der Waals surface area (Å²) in [5.74, 6) is 0.557. The van der Waals surface area contributed by atoms with Crippen molar-refractivity contribution >= 4 is 34.1 Å². The molecule has 0 spiro atoms. The molecule has 0 saturated heterocycles. The van der Waals surface area contributed by atoms with Crippen LogP contribution in [0, 0.1) is 0 Å². The molecule has 0 fully saturated rings. The summed E-state index contributed by atoms with van der Waals surface area (Å²) in [4.78, 5) is 16.5. The molecule has 1 N–H and O–H groups in total. The molecular weight excluding hydrogens is 382 g/mol. The predicted octanol–water partition coefficient (Wildman–Crippen LogP) is 3.06. The first-order valence-electron chi connectivity index (χ1n) is 8.36. The zero-order chi connectivity index (χ0) is 19.2. The Balaban J connectivity index is 1.75. The Bertz CT molecular complexity index is 923. The summed E-state index contributed by atoms with van der Waals surface area (Å²) >= 11 is 2.72. The number of hydrogen-bond donors (Lipinski definition) is 1. The molecule has 1 atom stereocenters. The lowest BCUT2D eigenvalue weighted by atomic mass is 10.2. The largest absolute Gasteiger partial charge is 0.300 e. The highest BCUT2D eigenvalue weighted by Crippen LogP contribution is 2.27. The van der Waals surface area contributed by atoms with E-state index in [9.17, 15) is 4.79 Å². The van der Waals surface area contributed by atoms with E-state index in [0.717, 1.165) is 17.0 Å². The Morgan fingerprint density at radius 1 is 1.33 bits per heavy atom. The third-order valence-corrected chi connectivity index (χ3v) is 5.68. The zero-order valence-electron chi connectivity index (χ0n) is 15.0. The Morgan fingerprint density at radius 2 is 2.11 bits per heavy atom. The van der Waals surface area contributed by atoms with E-state index in [4.69, 9.17) is 0 Å². The minimum absolute atomic E-state index is 0.155. The smallest absolute Gasteiger partial charge is 0.239 e. The van der Waals surface area contributed by atoms with Crippen LogP contribution in [-0.2, 0) is 17.8 Å². The van der Waals surface area contributed by atoms with E-state index in [2.05, 4.69) is 37.3 Å². The van der Waals surface area contributed by atoms with E-state index in [1.165, 1.54) is 23.1 Å². The monoisotopic (exact) mass is 401 g/mol. The topological polar surface area (TPSA) is 98.5 Å². The van der Waals surface area contributed by atoms with Gasteiger partial charge in [-0.15, -0.1) is 27.0 Å². The molecule has 3 aromatic rings. The van der Waals surface area contributed by atoms with Crippen LogP contribution < -0.4 is 5.32 Å². The number of aromatic nitrogens is 6. The number of anilines is 1. The van der Waals surface area contributed by atoms with Gasteiger partial charge in [-0.25, -0.2) is 0 Å². The first kappa shape index (κ1) is 19.2. The number of carbonyl (C=O) groups excluding carboxylic acids is 1. The molecule has 8 nitrogen and oxygen atoms in total. The molecule has 0 saturated carbocycles. The van der Waals surface area contributed by atoms with Crippen molar-refractivity contribution in [3.8, 4) is 11.4 Å². The van der Waals surface area contributed by atoms with E-state index in [1.807, 2.05) is 30.5 Å². The van der Waals surface area contributed by atoms with Crippen LogP contribution in [0.1, 0.15) is 18.9 Å². The van der Waals surface area contributed by atoms with Crippen LogP contribution in [-0.4, -0.2) is 41.1 Å². The van der Waals surface area contributed by atoms with Crippen molar-refractivity contribution in [2.75, 3.05) is 5.32 Å². The van der Waals surface area contributed by atoms with Gasteiger partial charge in [0.1, 0.15) is 5.01 Å². The normalized spacial score (nSPS) is 11.9. The fourth-order valence-electron chi connectivity index (χ4n) is 2.25. The lowest BCUT2D eigenvalue weighted by Gasteiger charge is -2.11. The molecule has 0 aliphatic rings. The first-order valence-corrected chi connectivity index (χ1v) is 10.1. The quantitative estimate of drug-likeness (QED) is 0.457. The van der Waals surface area contributed by atoms with Crippen molar-refractivity contribution in [3.05, 3.63) is 42.2 Å². The molecule has 0 aliphatic heterocycles. The molecule has 0 radical (unpaired) electrons. The molecule has 3 aromatic heterocycles. The SMILES string of the molecule is C=CCn1c(S[C@H](C)C(=O)Nc2nnc(CC)s2)nnc1-c1ccncc1. The van der Waals surface area contributed by atoms with E-state index >= 15 is 0 Å². The summed E-state index contributed by atoms with van der Waals surface area (Å²) in [6.07, 6.45) is 5.98. The maximum absolute atomic E-state index is 12.5. The average molecular weight is 402 g/mol. The summed E-state index contributed by atoms with van der Waals surface area (Å²) in [5, 5.41) is 21.0. The van der Waals surface area contributed by atoms with Gasteiger partial charge < -0.3 is 0 Å². The van der Waals surface area contributed by atoms with Crippen LogP contribution in [0.2, 0.25) is 0 Å². The summed E-state index contributed by atoms with van der Waals surface area (Å²) in [7, 11) is 0. The minimum Gasteiger partial charge on any atom is -0.300 e. The summed E-state index contributed by atoms with van der Waals surface area (Å²) in [6, 6.07) is 3.74. The highest BCUT2D eigenvalue weighted by molar-refractivity contribution is 8.00. The molecular formula is C17H19N7OS2. The van der Waals surface area contributed by atoms with Gasteiger partial charge in [-0.2, -0.15) is 0 Å². The second-order valence-electron chi connectivity index (χ2n) is 5.55. The number of pyridine rings is 1. The van der Waals surface area contributed by atoms with E-state index in [-0.39, 0.29) is 11.2 Å². The number of allylic oxidation sites excluding steroid dienone is 1. The Hall–Kier alpha value is -2.59. The predicted molar refractivity (Wildman–Crippen MR) is 107 cm³/mol. The van der Waals surface area contributed by atoms with Crippen molar-refractivity contribution in [2.24, 2.45) is 0 Å². The molecule has 3 heterocycles. The van der Waals surface area contributed by atoms with Gasteiger partial charge in [-0.3, -0.25) is 19.7 Å². The van der Waals surface area contributed by atoms with Crippen LogP contribution in [0.25, 0.3) is 11.4 Å². The number of thioether (sulfide) groups is 1. The van der Waals surface area contributed by atoms with Gasteiger partial charge in [0.05, 0.1) is 5.25 Å². The van der Waals surface area contributed by atoms with Crippen LogP contribution in [0.15, 0.2) is 42.3 Å². The number of amides is 1. The van der Waals surface area contributed by atoms with Gasteiger partial charge in [-0.1, -0.05) is 36.1 Å². The molecule has 0 bridgehead atoms. The molecule has 10 heteroatoms. The summed E-state index contributed by atoms with van der Waals surface area (Å²) < 4.78 is 1.93. The van der Waals surface area contributed by atoms with Gasteiger partial charge in [0.15, 0.2) is 11.0 Å². The summed E-state index contributed by atoms with van der Waals surface area (Å²) in [5.41, 5.74) is 0.907. The molecule has 27 heavy (non-hydrogen) atoms. The van der Waals surface area contributed by atoms with Crippen LogP contribution in [0.5, 0.6) is 0 Å². The number of nitrogens with one attached hydrogen (secondary N) is 1. The van der Waals surface area contributed by atoms with Crippen molar-refractivity contribution in [1.29, 1.82) is 0 Å². The van der Waals surface area contributed by atoms with E-state index in [0.29, 0.717) is 22.7 Å². The minimum atomic E-state index is -0.378. The number of hydrogen-bond acceptors (Lipinski definition) is 8. The highest BCUT2D eigenvalue weighted by Gasteiger charge is 2.21. The molecule has 0 aromatic carbocycles. The molecule has 3 rings (SSSR count). The average Bonchev–Trinajstić information content (AvgIpc) is 3.30. The third-order valence-electron chi connectivity index (χ3n) is 3.62. The zero-order valence-corrected chi connectivity index (χ0v) is 16.6. The number of rotatable bonds is 8. The second-order valence-corrected chi connectivity index (χ2v) is 7.92. The molecule has 1 amide bonds. The first-order chi connectivity index (χ1) is 13.1. The number of carbonyl (C=O) groups is 1. The molecule has 140 valence electrons. The highest BCUT2D eigenvalue weighted by atomic mass is 32.2. The number of aryl methyl sites for hydroxylation is 1. The Kier molecular flexibility index (Phi) is 6.30. The van der Waals surface area contributed by atoms with Gasteiger partial charge in [0.2, 0.25) is 11.0 Å². The second kappa shape index (κ2) is 8.87. The lowest BCUT2D eigenvalue weighted by Crippen LogP contribution is -2.22. The fourth-order valence-corrected chi connectivity index (χ4v) is 3.79. The van der Waals surface area contributed by atoms with Crippen molar-refractivity contribution in [3.63, 3.8) is 0 Å². The Labute approximate surface area is 165 Å². The van der Waals surface area contributed by atoms with Crippen molar-refractivity contribution in [2.45, 2.75) is 37.2 Å². The number of nitrogens with zero attached hydrogens (tertiary/aromatic N) is 6. The van der Waals surface area contributed by atoms with E-state index < -0.39 is 0 Å². The van der Waals surface area contributed by atoms with Gasteiger partial charge in [-0.05, 0) is 25.5 Å². The summed E-state index contributed by atoms with van der Waals surface area (Å²) in [6.45, 7) is 8.16. The standard InChI is InChI=1S/C17H19N7OS2/c1-4-10-24-14(12-6-8-18-9-7-12)21-23-17(24)26-11(3)15(25)19-16-22-20-13(5-2)27-16/h4,6-9,11H,1,5,10H2,2-3H3,(H,19,22,25)/t11-/m1/s1. The lowest BCUT2D eigenvalue weighted by molar-refractivity contribution is -0.115. The Morgan fingerprint density at radius 3 is 2.78 bits per heavy atom. The maximum Gasteiger partial charge on any atom is 0.239 e. The van der Waals surface area contributed by atoms with Gasteiger partial charge in [0, 0.05) is 24.5 Å². The molecule has 0 unspecified atom stereocenters. The maximum atomic E-state index is 12.5. The van der Waals surface area contributed by atoms with Crippen molar-refractivity contribution in [1.82, 2.24) is 29.9 Å². The van der Waals surface area contributed by atoms with E-state index in [1.54, 1.807) is 18.5 Å². The van der Waals surface area contributed by atoms with Crippen LogP contribution in [0.3, 0.4) is 0 Å². The van der Waals surface area contributed by atoms with Gasteiger partial charge >= 0.3 is 0 Å².